The first-order valence-corrected chi connectivity index (χ1v) is 9.02. The Morgan fingerprint density at radius 1 is 1.48 bits per heavy atom. The fraction of sp³-hybridized carbons (Fsp3) is 0.667. The molecule has 1 atom stereocenters. The van der Waals surface area contributed by atoms with Crippen LogP contribution in [0, 0.1) is 16.7 Å². The van der Waals surface area contributed by atoms with Crippen LogP contribution in [0.5, 0.6) is 0 Å². The maximum atomic E-state index is 13.0. The van der Waals surface area contributed by atoms with E-state index in [2.05, 4.69) is 20.9 Å². The van der Waals surface area contributed by atoms with Gasteiger partial charge in [-0.05, 0) is 32.4 Å². The van der Waals surface area contributed by atoms with E-state index in [1.165, 1.54) is 0 Å². The Bertz CT molecular complexity index is 664. The molecule has 0 aromatic carbocycles. The van der Waals surface area contributed by atoms with Gasteiger partial charge >= 0.3 is 0 Å². The molecular weight excluding hydrogens is 316 g/mol. The summed E-state index contributed by atoms with van der Waals surface area (Å²) in [4.78, 5) is 25.5. The van der Waals surface area contributed by atoms with E-state index in [1.807, 2.05) is 11.9 Å². The standard InChI is InChI=1S/C18H26N6O/c1-23(12-16-21-9-5-15(20)22-16)14-6-10-24(11-14)17(25)18(13-19)7-3-2-4-8-18/h5,9,14H,2-4,6-8,10-12H2,1H3,(H2,20,21,22). The number of nitrogens with zero attached hydrogens (tertiary/aromatic N) is 5. The van der Waals surface area contributed by atoms with Crippen LogP contribution >= 0.6 is 0 Å². The monoisotopic (exact) mass is 342 g/mol. The van der Waals surface area contributed by atoms with Gasteiger partial charge in [-0.15, -0.1) is 0 Å². The number of hydrogen-bond acceptors (Lipinski definition) is 6. The number of nitrogens with two attached hydrogens (primary N) is 1. The SMILES string of the molecule is CN(Cc1nccc(N)n1)C1CCN(C(=O)C2(C#N)CCCCC2)C1. The zero-order chi connectivity index (χ0) is 17.9. The molecule has 0 spiro atoms. The Hall–Kier alpha value is -2.20. The summed E-state index contributed by atoms with van der Waals surface area (Å²) < 4.78 is 0. The van der Waals surface area contributed by atoms with E-state index in [4.69, 9.17) is 5.73 Å². The fourth-order valence-electron chi connectivity index (χ4n) is 3.96. The summed E-state index contributed by atoms with van der Waals surface area (Å²) in [6.07, 6.45) is 7.06. The number of carbonyl (C=O) groups is 1. The van der Waals surface area contributed by atoms with Crippen LogP contribution in [-0.2, 0) is 11.3 Å². The van der Waals surface area contributed by atoms with Gasteiger partial charge in [-0.1, -0.05) is 19.3 Å². The quantitative estimate of drug-likeness (QED) is 0.891. The van der Waals surface area contributed by atoms with Gasteiger partial charge in [-0.3, -0.25) is 9.69 Å². The third kappa shape index (κ3) is 3.74. The summed E-state index contributed by atoms with van der Waals surface area (Å²) in [5.41, 5.74) is 4.92. The molecule has 1 saturated heterocycles. The molecule has 3 rings (SSSR count). The molecule has 2 fully saturated rings. The van der Waals surface area contributed by atoms with Crippen LogP contribution in [0.1, 0.15) is 44.3 Å². The van der Waals surface area contributed by atoms with Crippen LogP contribution in [0.3, 0.4) is 0 Å². The highest BCUT2D eigenvalue weighted by atomic mass is 16.2. The number of aromatic nitrogens is 2. The maximum Gasteiger partial charge on any atom is 0.243 e. The average molecular weight is 342 g/mol. The molecule has 7 heteroatoms. The third-order valence-electron chi connectivity index (χ3n) is 5.52. The van der Waals surface area contributed by atoms with Crippen molar-refractivity contribution in [1.82, 2.24) is 19.8 Å². The predicted molar refractivity (Wildman–Crippen MR) is 94.0 cm³/mol. The highest BCUT2D eigenvalue weighted by Crippen LogP contribution is 2.38. The summed E-state index contributed by atoms with van der Waals surface area (Å²) in [5.74, 6) is 1.19. The lowest BCUT2D eigenvalue weighted by molar-refractivity contribution is -0.139. The number of likely N-dealkylation sites (tertiary alicyclic amines) is 1. The van der Waals surface area contributed by atoms with Crippen LogP contribution in [0.25, 0.3) is 0 Å². The van der Waals surface area contributed by atoms with E-state index in [1.54, 1.807) is 12.3 Å². The van der Waals surface area contributed by atoms with E-state index < -0.39 is 5.41 Å². The number of anilines is 1. The molecule has 134 valence electrons. The summed E-state index contributed by atoms with van der Waals surface area (Å²) in [7, 11) is 2.02. The van der Waals surface area contributed by atoms with Crippen LogP contribution in [0.15, 0.2) is 12.3 Å². The molecular formula is C18H26N6O. The van der Waals surface area contributed by atoms with E-state index in [-0.39, 0.29) is 11.9 Å². The van der Waals surface area contributed by atoms with Crippen molar-refractivity contribution >= 4 is 11.7 Å². The van der Waals surface area contributed by atoms with Crippen molar-refractivity contribution in [3.8, 4) is 6.07 Å². The Kier molecular flexibility index (Phi) is 5.19. The lowest BCUT2D eigenvalue weighted by Gasteiger charge is -2.33. The Morgan fingerprint density at radius 2 is 2.24 bits per heavy atom. The van der Waals surface area contributed by atoms with Crippen molar-refractivity contribution in [2.24, 2.45) is 5.41 Å². The molecule has 1 aliphatic heterocycles. The molecule has 1 unspecified atom stereocenters. The molecule has 2 heterocycles. The van der Waals surface area contributed by atoms with E-state index in [0.29, 0.717) is 37.6 Å². The second-order valence-electron chi connectivity index (χ2n) is 7.26. The molecule has 25 heavy (non-hydrogen) atoms. The molecule has 1 aliphatic carbocycles. The van der Waals surface area contributed by atoms with Crippen molar-refractivity contribution < 1.29 is 4.79 Å². The summed E-state index contributed by atoms with van der Waals surface area (Å²) in [6.45, 7) is 1.98. The summed E-state index contributed by atoms with van der Waals surface area (Å²) in [5, 5.41) is 9.63. The predicted octanol–water partition coefficient (Wildman–Crippen LogP) is 1.57. The minimum absolute atomic E-state index is 0.0332. The van der Waals surface area contributed by atoms with Crippen LogP contribution < -0.4 is 5.73 Å². The molecule has 1 saturated carbocycles. The van der Waals surface area contributed by atoms with Crippen molar-refractivity contribution in [3.63, 3.8) is 0 Å². The summed E-state index contributed by atoms with van der Waals surface area (Å²) in [6, 6.07) is 4.27. The second kappa shape index (κ2) is 7.36. The summed E-state index contributed by atoms with van der Waals surface area (Å²) >= 11 is 0. The molecule has 2 N–H and O–H groups in total. The lowest BCUT2D eigenvalue weighted by atomic mass is 9.74. The molecule has 1 aromatic heterocycles. The Balaban J connectivity index is 1.61. The number of hydrogen-bond donors (Lipinski definition) is 1. The van der Waals surface area contributed by atoms with E-state index >= 15 is 0 Å². The smallest absolute Gasteiger partial charge is 0.243 e. The van der Waals surface area contributed by atoms with E-state index in [0.717, 1.165) is 32.2 Å². The van der Waals surface area contributed by atoms with Crippen molar-refractivity contribution in [2.45, 2.75) is 51.1 Å². The number of carbonyl (C=O) groups excluding carboxylic acids is 1. The minimum atomic E-state index is -0.789. The van der Waals surface area contributed by atoms with Gasteiger partial charge in [0.25, 0.3) is 0 Å². The van der Waals surface area contributed by atoms with Crippen LogP contribution in [0.4, 0.5) is 5.82 Å². The van der Waals surface area contributed by atoms with Crippen molar-refractivity contribution in [3.05, 3.63) is 18.1 Å². The molecule has 2 aliphatic rings. The fourth-order valence-corrected chi connectivity index (χ4v) is 3.96. The highest BCUT2D eigenvalue weighted by Gasteiger charge is 2.44. The van der Waals surface area contributed by atoms with Gasteiger partial charge in [0.15, 0.2) is 0 Å². The van der Waals surface area contributed by atoms with Gasteiger partial charge in [0, 0.05) is 25.3 Å². The number of rotatable bonds is 4. The normalized spacial score (nSPS) is 22.8. The van der Waals surface area contributed by atoms with Gasteiger partial charge in [-0.2, -0.15) is 5.26 Å². The topological polar surface area (TPSA) is 99.1 Å². The number of likely N-dealkylation sites (N-methyl/N-ethyl adjacent to an activating group) is 1. The van der Waals surface area contributed by atoms with Crippen molar-refractivity contribution in [2.75, 3.05) is 25.9 Å². The largest absolute Gasteiger partial charge is 0.384 e. The zero-order valence-electron chi connectivity index (χ0n) is 14.8. The first-order chi connectivity index (χ1) is 12.0. The Labute approximate surface area is 148 Å². The van der Waals surface area contributed by atoms with Crippen molar-refractivity contribution in [1.29, 1.82) is 5.26 Å². The van der Waals surface area contributed by atoms with Gasteiger partial charge in [0.2, 0.25) is 5.91 Å². The number of amides is 1. The van der Waals surface area contributed by atoms with E-state index in [9.17, 15) is 10.1 Å². The molecule has 0 radical (unpaired) electrons. The van der Waals surface area contributed by atoms with Crippen LogP contribution in [0.2, 0.25) is 0 Å². The first kappa shape index (κ1) is 17.6. The van der Waals surface area contributed by atoms with Gasteiger partial charge in [0.05, 0.1) is 12.6 Å². The second-order valence-corrected chi connectivity index (χ2v) is 7.26. The lowest BCUT2D eigenvalue weighted by Crippen LogP contribution is -2.44. The minimum Gasteiger partial charge on any atom is -0.384 e. The maximum absolute atomic E-state index is 13.0. The third-order valence-corrected chi connectivity index (χ3v) is 5.52. The zero-order valence-corrected chi connectivity index (χ0v) is 14.8. The number of nitrogen functional groups attached to an aromatic ring is 1. The van der Waals surface area contributed by atoms with Gasteiger partial charge in [-0.25, -0.2) is 9.97 Å². The average Bonchev–Trinajstić information content (AvgIpc) is 3.12. The van der Waals surface area contributed by atoms with Crippen LogP contribution in [-0.4, -0.2) is 51.9 Å². The van der Waals surface area contributed by atoms with Gasteiger partial charge in [0.1, 0.15) is 17.1 Å². The Morgan fingerprint density at radius 3 is 2.92 bits per heavy atom. The molecule has 1 amide bonds. The van der Waals surface area contributed by atoms with Gasteiger partial charge < -0.3 is 10.6 Å². The molecule has 0 bridgehead atoms. The number of nitriles is 1. The molecule has 7 nitrogen and oxygen atoms in total. The molecule has 1 aromatic rings. The highest BCUT2D eigenvalue weighted by molar-refractivity contribution is 5.85. The first-order valence-electron chi connectivity index (χ1n) is 9.02.